The molecule has 0 bridgehead atoms. The second-order valence-electron chi connectivity index (χ2n) is 6.30. The standard InChI is InChI=1S/C16H25NO2S/c1-12(2)14-6-10-16(11-7-14)20(18,19)17-15-8-4-13(3)5-9-15/h6-7,10-13,15,17H,4-5,8-9H2,1-3H3. The fourth-order valence-electron chi connectivity index (χ4n) is 2.70. The van der Waals surface area contributed by atoms with Gasteiger partial charge in [-0.25, -0.2) is 13.1 Å². The smallest absolute Gasteiger partial charge is 0.208 e. The minimum absolute atomic E-state index is 0.0981. The van der Waals surface area contributed by atoms with E-state index in [1.807, 2.05) is 12.1 Å². The SMILES string of the molecule is CC1CCC(NS(=O)(=O)c2ccc(C(C)C)cc2)CC1. The topological polar surface area (TPSA) is 46.2 Å². The normalized spacial score (nSPS) is 24.0. The van der Waals surface area contributed by atoms with Crippen molar-refractivity contribution in [2.45, 2.75) is 63.3 Å². The van der Waals surface area contributed by atoms with E-state index in [2.05, 4.69) is 25.5 Å². The van der Waals surface area contributed by atoms with Crippen molar-refractivity contribution in [3.63, 3.8) is 0 Å². The van der Waals surface area contributed by atoms with Crippen LogP contribution in [0.4, 0.5) is 0 Å². The fourth-order valence-corrected chi connectivity index (χ4v) is 4.00. The zero-order valence-electron chi connectivity index (χ0n) is 12.6. The molecule has 0 heterocycles. The van der Waals surface area contributed by atoms with Crippen LogP contribution in [0.3, 0.4) is 0 Å². The van der Waals surface area contributed by atoms with Crippen LogP contribution in [-0.2, 0) is 10.0 Å². The highest BCUT2D eigenvalue weighted by atomic mass is 32.2. The molecule has 2 rings (SSSR count). The van der Waals surface area contributed by atoms with Crippen LogP contribution < -0.4 is 4.72 Å². The van der Waals surface area contributed by atoms with Crippen LogP contribution in [0, 0.1) is 5.92 Å². The first-order valence-corrected chi connectivity index (χ1v) is 8.99. The van der Waals surface area contributed by atoms with Crippen LogP contribution in [0.15, 0.2) is 29.2 Å². The van der Waals surface area contributed by atoms with Crippen molar-refractivity contribution in [1.29, 1.82) is 0 Å². The molecule has 1 aliphatic rings. The summed E-state index contributed by atoms with van der Waals surface area (Å²) in [6.07, 6.45) is 4.12. The summed E-state index contributed by atoms with van der Waals surface area (Å²) >= 11 is 0. The van der Waals surface area contributed by atoms with Gasteiger partial charge in [-0.05, 0) is 55.2 Å². The van der Waals surface area contributed by atoms with E-state index < -0.39 is 10.0 Å². The monoisotopic (exact) mass is 295 g/mol. The molecule has 1 aromatic rings. The Morgan fingerprint density at radius 1 is 1.05 bits per heavy atom. The van der Waals surface area contributed by atoms with Crippen LogP contribution in [0.1, 0.15) is 57.9 Å². The highest BCUT2D eigenvalue weighted by Crippen LogP contribution is 2.25. The predicted molar refractivity (Wildman–Crippen MR) is 82.3 cm³/mol. The Morgan fingerprint density at radius 2 is 1.60 bits per heavy atom. The van der Waals surface area contributed by atoms with Gasteiger partial charge in [0.25, 0.3) is 0 Å². The molecule has 3 nitrogen and oxygen atoms in total. The first-order valence-electron chi connectivity index (χ1n) is 7.51. The first-order chi connectivity index (χ1) is 9.38. The summed E-state index contributed by atoms with van der Waals surface area (Å²) in [6.45, 7) is 6.44. The Morgan fingerprint density at radius 3 is 2.10 bits per heavy atom. The van der Waals surface area contributed by atoms with Crippen molar-refractivity contribution in [2.75, 3.05) is 0 Å². The van der Waals surface area contributed by atoms with Gasteiger partial charge in [-0.15, -0.1) is 0 Å². The summed E-state index contributed by atoms with van der Waals surface area (Å²) < 4.78 is 27.6. The molecule has 1 N–H and O–H groups in total. The number of nitrogens with one attached hydrogen (secondary N) is 1. The van der Waals surface area contributed by atoms with E-state index in [0.717, 1.165) is 37.2 Å². The van der Waals surface area contributed by atoms with E-state index in [-0.39, 0.29) is 6.04 Å². The molecule has 112 valence electrons. The maximum atomic E-state index is 12.4. The Kier molecular flexibility index (Phi) is 4.86. The van der Waals surface area contributed by atoms with Crippen LogP contribution in [0.2, 0.25) is 0 Å². The van der Waals surface area contributed by atoms with Crippen LogP contribution in [-0.4, -0.2) is 14.5 Å². The van der Waals surface area contributed by atoms with E-state index in [1.165, 1.54) is 0 Å². The summed E-state index contributed by atoms with van der Waals surface area (Å²) in [6, 6.07) is 7.33. The van der Waals surface area contributed by atoms with Gasteiger partial charge in [0.2, 0.25) is 10.0 Å². The molecule has 0 unspecified atom stereocenters. The van der Waals surface area contributed by atoms with Crippen LogP contribution in [0.25, 0.3) is 0 Å². The maximum Gasteiger partial charge on any atom is 0.240 e. The lowest BCUT2D eigenvalue weighted by Gasteiger charge is -2.26. The molecule has 1 aromatic carbocycles. The zero-order valence-corrected chi connectivity index (χ0v) is 13.4. The molecule has 0 amide bonds. The number of rotatable bonds is 4. The average Bonchev–Trinajstić information content (AvgIpc) is 2.41. The number of hydrogen-bond donors (Lipinski definition) is 1. The minimum Gasteiger partial charge on any atom is -0.208 e. The largest absolute Gasteiger partial charge is 0.240 e. The van der Waals surface area contributed by atoms with Crippen LogP contribution >= 0.6 is 0 Å². The van der Waals surface area contributed by atoms with Crippen molar-refractivity contribution in [3.8, 4) is 0 Å². The van der Waals surface area contributed by atoms with Crippen molar-refractivity contribution >= 4 is 10.0 Å². The van der Waals surface area contributed by atoms with Gasteiger partial charge in [-0.1, -0.05) is 32.9 Å². The Hall–Kier alpha value is -0.870. The van der Waals surface area contributed by atoms with E-state index in [4.69, 9.17) is 0 Å². The number of sulfonamides is 1. The van der Waals surface area contributed by atoms with Crippen molar-refractivity contribution in [2.24, 2.45) is 5.92 Å². The third kappa shape index (κ3) is 3.83. The predicted octanol–water partition coefficient (Wildman–Crippen LogP) is 3.67. The molecule has 4 heteroatoms. The quantitative estimate of drug-likeness (QED) is 0.921. The van der Waals surface area contributed by atoms with Crippen molar-refractivity contribution < 1.29 is 8.42 Å². The highest BCUT2D eigenvalue weighted by Gasteiger charge is 2.24. The van der Waals surface area contributed by atoms with Gasteiger partial charge in [-0.3, -0.25) is 0 Å². The van der Waals surface area contributed by atoms with Gasteiger partial charge in [-0.2, -0.15) is 0 Å². The van der Waals surface area contributed by atoms with Crippen LogP contribution in [0.5, 0.6) is 0 Å². The maximum absolute atomic E-state index is 12.4. The Balaban J connectivity index is 2.06. The molecule has 0 aromatic heterocycles. The van der Waals surface area contributed by atoms with E-state index in [9.17, 15) is 8.42 Å². The summed E-state index contributed by atoms with van der Waals surface area (Å²) in [4.78, 5) is 0.375. The summed E-state index contributed by atoms with van der Waals surface area (Å²) in [5.41, 5.74) is 1.16. The number of benzene rings is 1. The second kappa shape index (κ2) is 6.27. The molecular weight excluding hydrogens is 270 g/mol. The summed E-state index contributed by atoms with van der Waals surface area (Å²) in [5.74, 6) is 1.14. The fraction of sp³-hybridized carbons (Fsp3) is 0.625. The molecular formula is C16H25NO2S. The third-order valence-corrected chi connectivity index (χ3v) is 5.73. The summed E-state index contributed by atoms with van der Waals surface area (Å²) in [7, 11) is -3.37. The molecule has 1 aliphatic carbocycles. The molecule has 0 spiro atoms. The van der Waals surface area contributed by atoms with Gasteiger partial charge in [0.1, 0.15) is 0 Å². The molecule has 0 radical (unpaired) electrons. The summed E-state index contributed by atoms with van der Waals surface area (Å²) in [5, 5.41) is 0. The van der Waals surface area contributed by atoms with E-state index in [0.29, 0.717) is 10.8 Å². The van der Waals surface area contributed by atoms with Gasteiger partial charge in [0.15, 0.2) is 0 Å². The number of hydrogen-bond acceptors (Lipinski definition) is 2. The first kappa shape index (κ1) is 15.5. The Bertz CT molecular complexity index is 526. The molecule has 1 fully saturated rings. The third-order valence-electron chi connectivity index (χ3n) is 4.19. The van der Waals surface area contributed by atoms with E-state index >= 15 is 0 Å². The van der Waals surface area contributed by atoms with Gasteiger partial charge in [0, 0.05) is 6.04 Å². The second-order valence-corrected chi connectivity index (χ2v) is 8.02. The highest BCUT2D eigenvalue weighted by molar-refractivity contribution is 7.89. The molecule has 1 saturated carbocycles. The minimum atomic E-state index is -3.37. The average molecular weight is 295 g/mol. The van der Waals surface area contributed by atoms with Gasteiger partial charge < -0.3 is 0 Å². The molecule has 20 heavy (non-hydrogen) atoms. The molecule has 0 saturated heterocycles. The van der Waals surface area contributed by atoms with Gasteiger partial charge >= 0.3 is 0 Å². The van der Waals surface area contributed by atoms with E-state index in [1.54, 1.807) is 12.1 Å². The zero-order chi connectivity index (χ0) is 14.8. The lowest BCUT2D eigenvalue weighted by atomic mass is 9.88. The van der Waals surface area contributed by atoms with Gasteiger partial charge in [0.05, 0.1) is 4.90 Å². The molecule has 0 atom stereocenters. The lowest BCUT2D eigenvalue weighted by Crippen LogP contribution is -2.37. The lowest BCUT2D eigenvalue weighted by molar-refractivity contribution is 0.332. The molecule has 0 aliphatic heterocycles. The van der Waals surface area contributed by atoms with Crippen molar-refractivity contribution in [3.05, 3.63) is 29.8 Å². The Labute approximate surface area is 122 Å². The van der Waals surface area contributed by atoms with Crippen molar-refractivity contribution in [1.82, 2.24) is 4.72 Å².